The molecule has 0 aromatic heterocycles. The molecule has 1 amide bonds. The van der Waals surface area contributed by atoms with Gasteiger partial charge in [-0.05, 0) is 69.7 Å². The molecule has 26 heavy (non-hydrogen) atoms. The van der Waals surface area contributed by atoms with E-state index >= 15 is 0 Å². The Hall–Kier alpha value is -1.15. The number of carbonyl (C=O) groups excluding carboxylic acids is 1. The van der Waals surface area contributed by atoms with Gasteiger partial charge in [0.2, 0.25) is 15.9 Å². The lowest BCUT2D eigenvalue weighted by molar-refractivity contribution is -0.117. The molecule has 0 saturated carbocycles. The minimum Gasteiger partial charge on any atom is -0.326 e. The first-order valence-electron chi connectivity index (χ1n) is 9.00. The van der Waals surface area contributed by atoms with Gasteiger partial charge < -0.3 is 10.6 Å². The molecule has 2 aliphatic heterocycles. The van der Waals surface area contributed by atoms with E-state index in [4.69, 9.17) is 0 Å². The van der Waals surface area contributed by atoms with Crippen LogP contribution in [0.4, 0.5) is 5.69 Å². The van der Waals surface area contributed by atoms with Gasteiger partial charge in [0.15, 0.2) is 0 Å². The number of halogens is 1. The first-order valence-corrected chi connectivity index (χ1v) is 10.5. The molecule has 3 rings (SSSR count). The molecule has 1 aromatic carbocycles. The Morgan fingerprint density at radius 2 is 1.73 bits per heavy atom. The van der Waals surface area contributed by atoms with Gasteiger partial charge in [-0.1, -0.05) is 0 Å². The summed E-state index contributed by atoms with van der Waals surface area (Å²) in [4.78, 5) is 12.5. The summed E-state index contributed by atoms with van der Waals surface area (Å²) in [5, 5.41) is 6.47. The highest BCUT2D eigenvalue weighted by Gasteiger charge is 2.34. The monoisotopic (exact) mass is 401 g/mol. The standard InChI is InChI=1S/C18H27N3O3S.ClH/c1-12(2)21-25(23,24)17-7-5-14(6-8-17)20-18(22)11-13-9-15-3-4-16(10-13)19-15;/h5-8,12-13,15-16,19,21H,3-4,9-11H2,1-2H3,(H,20,22);1H. The smallest absolute Gasteiger partial charge is 0.240 e. The minimum absolute atomic E-state index is 0. The summed E-state index contributed by atoms with van der Waals surface area (Å²) in [5.41, 5.74) is 0.630. The number of nitrogens with one attached hydrogen (secondary N) is 3. The molecule has 6 nitrogen and oxygen atoms in total. The zero-order chi connectivity index (χ0) is 18.0. The van der Waals surface area contributed by atoms with E-state index in [1.54, 1.807) is 26.0 Å². The van der Waals surface area contributed by atoms with Crippen LogP contribution in [0.3, 0.4) is 0 Å². The molecule has 2 fully saturated rings. The highest BCUT2D eigenvalue weighted by molar-refractivity contribution is 7.89. The molecule has 2 atom stereocenters. The van der Waals surface area contributed by atoms with Crippen molar-refractivity contribution in [1.82, 2.24) is 10.0 Å². The number of hydrogen-bond acceptors (Lipinski definition) is 4. The molecule has 2 bridgehead atoms. The number of rotatable bonds is 6. The summed E-state index contributed by atoms with van der Waals surface area (Å²) in [6.45, 7) is 3.55. The van der Waals surface area contributed by atoms with Crippen molar-refractivity contribution in [2.75, 3.05) is 5.32 Å². The second kappa shape index (κ2) is 8.69. The zero-order valence-electron chi connectivity index (χ0n) is 15.2. The van der Waals surface area contributed by atoms with Gasteiger partial charge in [-0.25, -0.2) is 13.1 Å². The van der Waals surface area contributed by atoms with E-state index in [1.165, 1.54) is 25.0 Å². The number of anilines is 1. The first-order chi connectivity index (χ1) is 11.8. The van der Waals surface area contributed by atoms with E-state index in [0.717, 1.165) is 12.8 Å². The first kappa shape index (κ1) is 21.2. The lowest BCUT2D eigenvalue weighted by Crippen LogP contribution is -2.39. The van der Waals surface area contributed by atoms with Crippen molar-refractivity contribution in [3.8, 4) is 0 Å². The largest absolute Gasteiger partial charge is 0.326 e. The molecular formula is C18H28ClN3O3S. The summed E-state index contributed by atoms with van der Waals surface area (Å²) < 4.78 is 26.7. The second-order valence-electron chi connectivity index (χ2n) is 7.53. The van der Waals surface area contributed by atoms with Crippen LogP contribution in [0.25, 0.3) is 0 Å². The number of carbonyl (C=O) groups is 1. The molecule has 2 saturated heterocycles. The molecule has 1 aromatic rings. The normalized spacial score (nSPS) is 25.0. The number of benzene rings is 1. The predicted octanol–water partition coefficient (Wildman–Crippen LogP) is 2.65. The van der Waals surface area contributed by atoms with Crippen molar-refractivity contribution in [1.29, 1.82) is 0 Å². The van der Waals surface area contributed by atoms with Crippen LogP contribution in [0.1, 0.15) is 46.0 Å². The van der Waals surface area contributed by atoms with Gasteiger partial charge in [-0.2, -0.15) is 0 Å². The van der Waals surface area contributed by atoms with Gasteiger partial charge in [0, 0.05) is 30.2 Å². The molecule has 0 radical (unpaired) electrons. The van der Waals surface area contributed by atoms with E-state index in [-0.39, 0.29) is 29.3 Å². The number of amides is 1. The Kier molecular flexibility index (Phi) is 7.07. The summed E-state index contributed by atoms with van der Waals surface area (Å²) in [5.74, 6) is 0.441. The number of fused-ring (bicyclic) bond motifs is 2. The van der Waals surface area contributed by atoms with Crippen LogP contribution in [-0.4, -0.2) is 32.5 Å². The van der Waals surface area contributed by atoms with Gasteiger partial charge in [0.1, 0.15) is 0 Å². The van der Waals surface area contributed by atoms with E-state index in [0.29, 0.717) is 30.1 Å². The van der Waals surface area contributed by atoms with Crippen LogP contribution >= 0.6 is 12.4 Å². The Morgan fingerprint density at radius 3 is 2.27 bits per heavy atom. The fraction of sp³-hybridized carbons (Fsp3) is 0.611. The predicted molar refractivity (Wildman–Crippen MR) is 105 cm³/mol. The molecule has 146 valence electrons. The Labute approximate surface area is 162 Å². The van der Waals surface area contributed by atoms with Crippen LogP contribution < -0.4 is 15.4 Å². The van der Waals surface area contributed by atoms with E-state index in [1.807, 2.05) is 0 Å². The average Bonchev–Trinajstić information content (AvgIpc) is 2.85. The van der Waals surface area contributed by atoms with E-state index < -0.39 is 10.0 Å². The van der Waals surface area contributed by atoms with Crippen molar-refractivity contribution < 1.29 is 13.2 Å². The highest BCUT2D eigenvalue weighted by atomic mass is 35.5. The van der Waals surface area contributed by atoms with Crippen molar-refractivity contribution in [3.05, 3.63) is 24.3 Å². The van der Waals surface area contributed by atoms with E-state index in [2.05, 4.69) is 15.4 Å². The molecule has 2 aliphatic rings. The molecular weight excluding hydrogens is 374 g/mol. The molecule has 3 N–H and O–H groups in total. The van der Waals surface area contributed by atoms with Crippen molar-refractivity contribution in [2.45, 2.75) is 69.0 Å². The lowest BCUT2D eigenvalue weighted by atomic mass is 9.89. The summed E-state index contributed by atoms with van der Waals surface area (Å²) in [7, 11) is -3.50. The summed E-state index contributed by atoms with van der Waals surface area (Å²) >= 11 is 0. The topological polar surface area (TPSA) is 87.3 Å². The minimum atomic E-state index is -3.50. The maximum absolute atomic E-state index is 12.3. The molecule has 0 spiro atoms. The van der Waals surface area contributed by atoms with Crippen LogP contribution in [0.2, 0.25) is 0 Å². The van der Waals surface area contributed by atoms with Crippen LogP contribution in [0.15, 0.2) is 29.2 Å². The third kappa shape index (κ3) is 5.42. The quantitative estimate of drug-likeness (QED) is 0.683. The van der Waals surface area contributed by atoms with Crippen molar-refractivity contribution in [2.24, 2.45) is 5.92 Å². The van der Waals surface area contributed by atoms with Crippen LogP contribution in [0.5, 0.6) is 0 Å². The van der Waals surface area contributed by atoms with Crippen LogP contribution in [0, 0.1) is 5.92 Å². The maximum atomic E-state index is 12.3. The lowest BCUT2D eigenvalue weighted by Gasteiger charge is -2.28. The zero-order valence-corrected chi connectivity index (χ0v) is 16.8. The number of piperidine rings is 1. The van der Waals surface area contributed by atoms with Gasteiger partial charge in [-0.15, -0.1) is 12.4 Å². The SMILES string of the molecule is CC(C)NS(=O)(=O)c1ccc(NC(=O)CC2CC3CCC(C2)N3)cc1.Cl. The highest BCUT2D eigenvalue weighted by Crippen LogP contribution is 2.32. The summed E-state index contributed by atoms with van der Waals surface area (Å²) in [6.07, 6.45) is 5.12. The molecule has 2 unspecified atom stereocenters. The third-order valence-corrected chi connectivity index (χ3v) is 6.56. The number of hydrogen-bond donors (Lipinski definition) is 3. The van der Waals surface area contributed by atoms with Gasteiger partial charge in [-0.3, -0.25) is 4.79 Å². The Morgan fingerprint density at radius 1 is 1.15 bits per heavy atom. The van der Waals surface area contributed by atoms with Gasteiger partial charge in [0.25, 0.3) is 0 Å². The molecule has 0 aliphatic carbocycles. The second-order valence-corrected chi connectivity index (χ2v) is 9.24. The number of sulfonamides is 1. The Balaban J connectivity index is 0.00000243. The molecule has 2 heterocycles. The Bertz CT molecular complexity index is 710. The van der Waals surface area contributed by atoms with Crippen molar-refractivity contribution >= 4 is 34.0 Å². The third-order valence-electron chi connectivity index (χ3n) is 4.88. The van der Waals surface area contributed by atoms with Crippen LogP contribution in [-0.2, 0) is 14.8 Å². The fourth-order valence-corrected chi connectivity index (χ4v) is 5.16. The van der Waals surface area contributed by atoms with E-state index in [9.17, 15) is 13.2 Å². The average molecular weight is 402 g/mol. The fourth-order valence-electron chi connectivity index (χ4n) is 3.91. The van der Waals surface area contributed by atoms with Crippen molar-refractivity contribution in [3.63, 3.8) is 0 Å². The van der Waals surface area contributed by atoms with Gasteiger partial charge >= 0.3 is 0 Å². The summed E-state index contributed by atoms with van der Waals surface area (Å²) in [6, 6.07) is 7.31. The maximum Gasteiger partial charge on any atom is 0.240 e. The van der Waals surface area contributed by atoms with Gasteiger partial charge in [0.05, 0.1) is 4.90 Å². The molecule has 8 heteroatoms.